The summed E-state index contributed by atoms with van der Waals surface area (Å²) in [7, 11) is 0. The van der Waals surface area contributed by atoms with Gasteiger partial charge < -0.3 is 4.90 Å². The van der Waals surface area contributed by atoms with E-state index in [1.54, 1.807) is 0 Å². The summed E-state index contributed by atoms with van der Waals surface area (Å²) in [5.41, 5.74) is 0. The molecule has 1 saturated heterocycles. The maximum Gasteiger partial charge on any atom is 0.0113 e. The minimum Gasteiger partial charge on any atom is -0.300 e. The lowest BCUT2D eigenvalue weighted by Gasteiger charge is -2.39. The van der Waals surface area contributed by atoms with Crippen LogP contribution in [0.4, 0.5) is 0 Å². The van der Waals surface area contributed by atoms with Crippen LogP contribution < -0.4 is 0 Å². The quantitative estimate of drug-likeness (QED) is 0.720. The Bertz CT molecular complexity index is 337. The normalized spacial score (nSPS) is 40.5. The minimum absolute atomic E-state index is 0.929. The third-order valence-electron chi connectivity index (χ3n) is 6.16. The van der Waals surface area contributed by atoms with Crippen LogP contribution in [-0.4, -0.2) is 48.6 Å². The molecule has 0 unspecified atom stereocenters. The molecule has 0 N–H and O–H groups in total. The van der Waals surface area contributed by atoms with E-state index in [0.717, 1.165) is 23.8 Å². The number of hydrogen-bond donors (Lipinski definition) is 0. The molecule has 106 valence electrons. The monoisotopic (exact) mass is 260 g/mol. The predicted octanol–water partition coefficient (Wildman–Crippen LogP) is 2.76. The van der Waals surface area contributed by atoms with E-state index in [4.69, 9.17) is 0 Å². The maximum atomic E-state index is 2.78. The van der Waals surface area contributed by atoms with Crippen molar-refractivity contribution in [1.82, 2.24) is 9.80 Å². The van der Waals surface area contributed by atoms with Crippen LogP contribution in [0.25, 0.3) is 0 Å². The zero-order valence-electron chi connectivity index (χ0n) is 12.1. The molecule has 1 aliphatic heterocycles. The molecule has 0 aromatic heterocycles. The van der Waals surface area contributed by atoms with E-state index in [0.29, 0.717) is 0 Å². The van der Waals surface area contributed by atoms with Crippen LogP contribution in [0.5, 0.6) is 0 Å². The van der Waals surface area contributed by atoms with Crippen molar-refractivity contribution >= 4 is 0 Å². The van der Waals surface area contributed by atoms with Gasteiger partial charge in [-0.2, -0.15) is 0 Å². The molecule has 0 aromatic rings. The third kappa shape index (κ3) is 2.50. The Morgan fingerprint density at radius 3 is 2.32 bits per heavy atom. The summed E-state index contributed by atoms with van der Waals surface area (Å²) >= 11 is 0. The van der Waals surface area contributed by atoms with Crippen LogP contribution in [0, 0.1) is 17.8 Å². The van der Waals surface area contributed by atoms with Gasteiger partial charge in [-0.15, -0.1) is 0 Å². The first-order valence-electron chi connectivity index (χ1n) is 8.53. The highest BCUT2D eigenvalue weighted by Crippen LogP contribution is 2.43. The van der Waals surface area contributed by atoms with E-state index in [2.05, 4.69) is 22.0 Å². The fraction of sp³-hybridized carbons (Fsp3) is 0.882. The van der Waals surface area contributed by atoms with Gasteiger partial charge in [0.1, 0.15) is 0 Å². The molecule has 3 atom stereocenters. The lowest BCUT2D eigenvalue weighted by atomic mass is 9.93. The molecule has 0 amide bonds. The summed E-state index contributed by atoms with van der Waals surface area (Å²) in [5.74, 6) is 2.85. The van der Waals surface area contributed by atoms with Gasteiger partial charge in [-0.1, -0.05) is 25.0 Å². The number of allylic oxidation sites excluding steroid dienone is 2. The standard InChI is InChI=1S/C17H28N2/c1-2-4-17(3-1)19-9-7-18(8-10-19)13-16-12-14-5-6-15(16)11-14/h5-6,14-17H,1-4,7-13H2/t14-,15-,16-/m1/s1. The molecule has 1 heterocycles. The number of fused-ring (bicyclic) bond motifs is 2. The number of hydrogen-bond acceptors (Lipinski definition) is 2. The first kappa shape index (κ1) is 12.4. The van der Waals surface area contributed by atoms with Crippen molar-refractivity contribution in [3.05, 3.63) is 12.2 Å². The SMILES string of the molecule is C1=C[C@@H]2C[C@@H]1C[C@@H]2CN1CCN(C2CCCC2)CC1. The smallest absolute Gasteiger partial charge is 0.0113 e. The highest BCUT2D eigenvalue weighted by molar-refractivity contribution is 5.10. The first-order chi connectivity index (χ1) is 9.38. The Labute approximate surface area is 117 Å². The molecule has 3 aliphatic carbocycles. The van der Waals surface area contributed by atoms with Crippen molar-refractivity contribution in [1.29, 1.82) is 0 Å². The fourth-order valence-corrected chi connectivity index (χ4v) is 5.02. The Kier molecular flexibility index (Phi) is 3.40. The topological polar surface area (TPSA) is 6.48 Å². The Balaban J connectivity index is 1.25. The molecule has 0 radical (unpaired) electrons. The molecule has 0 aromatic carbocycles. The fourth-order valence-electron chi connectivity index (χ4n) is 5.02. The summed E-state index contributed by atoms with van der Waals surface area (Å²) in [5, 5.41) is 0. The zero-order valence-corrected chi connectivity index (χ0v) is 12.1. The Hall–Kier alpha value is -0.340. The molecule has 2 nitrogen and oxygen atoms in total. The molecule has 3 fully saturated rings. The second kappa shape index (κ2) is 5.21. The van der Waals surface area contributed by atoms with Crippen molar-refractivity contribution in [2.45, 2.75) is 44.6 Å². The first-order valence-corrected chi connectivity index (χ1v) is 8.53. The summed E-state index contributed by atoms with van der Waals surface area (Å²) < 4.78 is 0. The second-order valence-corrected chi connectivity index (χ2v) is 7.32. The van der Waals surface area contributed by atoms with Gasteiger partial charge in [-0.05, 0) is 43.4 Å². The van der Waals surface area contributed by atoms with Crippen LogP contribution in [0.15, 0.2) is 12.2 Å². The number of rotatable bonds is 3. The van der Waals surface area contributed by atoms with Crippen LogP contribution in [0.1, 0.15) is 38.5 Å². The largest absolute Gasteiger partial charge is 0.300 e. The van der Waals surface area contributed by atoms with Gasteiger partial charge in [0.25, 0.3) is 0 Å². The van der Waals surface area contributed by atoms with Gasteiger partial charge in [0.15, 0.2) is 0 Å². The highest BCUT2D eigenvalue weighted by Gasteiger charge is 2.37. The molecule has 4 rings (SSSR count). The average molecular weight is 260 g/mol. The Morgan fingerprint density at radius 1 is 0.895 bits per heavy atom. The van der Waals surface area contributed by atoms with Gasteiger partial charge in [0.2, 0.25) is 0 Å². The van der Waals surface area contributed by atoms with Crippen molar-refractivity contribution in [2.24, 2.45) is 17.8 Å². The van der Waals surface area contributed by atoms with E-state index in [1.165, 1.54) is 71.2 Å². The Morgan fingerprint density at radius 2 is 1.68 bits per heavy atom. The van der Waals surface area contributed by atoms with E-state index in [9.17, 15) is 0 Å². The third-order valence-corrected chi connectivity index (χ3v) is 6.16. The van der Waals surface area contributed by atoms with Gasteiger partial charge in [0, 0.05) is 38.8 Å². The van der Waals surface area contributed by atoms with Crippen LogP contribution >= 0.6 is 0 Å². The van der Waals surface area contributed by atoms with E-state index >= 15 is 0 Å². The van der Waals surface area contributed by atoms with Crippen molar-refractivity contribution in [2.75, 3.05) is 32.7 Å². The van der Waals surface area contributed by atoms with Gasteiger partial charge in [-0.25, -0.2) is 0 Å². The van der Waals surface area contributed by atoms with Crippen LogP contribution in [0.2, 0.25) is 0 Å². The number of nitrogens with zero attached hydrogens (tertiary/aromatic N) is 2. The summed E-state index contributed by atoms with van der Waals surface area (Å²) in [4.78, 5) is 5.54. The predicted molar refractivity (Wildman–Crippen MR) is 79.1 cm³/mol. The van der Waals surface area contributed by atoms with Gasteiger partial charge >= 0.3 is 0 Å². The number of piperazine rings is 1. The lowest BCUT2D eigenvalue weighted by Crippen LogP contribution is -2.50. The molecule has 2 saturated carbocycles. The lowest BCUT2D eigenvalue weighted by molar-refractivity contribution is 0.0845. The summed E-state index contributed by atoms with van der Waals surface area (Å²) in [6.07, 6.45) is 13.8. The molecule has 0 spiro atoms. The van der Waals surface area contributed by atoms with Gasteiger partial charge in [-0.3, -0.25) is 4.90 Å². The van der Waals surface area contributed by atoms with Crippen molar-refractivity contribution in [3.8, 4) is 0 Å². The van der Waals surface area contributed by atoms with Crippen molar-refractivity contribution < 1.29 is 0 Å². The zero-order chi connectivity index (χ0) is 12.7. The van der Waals surface area contributed by atoms with E-state index in [-0.39, 0.29) is 0 Å². The minimum atomic E-state index is 0.929. The molecular formula is C17H28N2. The highest BCUT2D eigenvalue weighted by atomic mass is 15.3. The molecular weight excluding hydrogens is 232 g/mol. The van der Waals surface area contributed by atoms with Crippen LogP contribution in [-0.2, 0) is 0 Å². The molecule has 19 heavy (non-hydrogen) atoms. The summed E-state index contributed by atoms with van der Waals surface area (Å²) in [6.45, 7) is 6.70. The van der Waals surface area contributed by atoms with E-state index < -0.39 is 0 Å². The summed E-state index contributed by atoms with van der Waals surface area (Å²) in [6, 6.07) is 0.938. The molecule has 2 bridgehead atoms. The van der Waals surface area contributed by atoms with Gasteiger partial charge in [0.05, 0.1) is 0 Å². The van der Waals surface area contributed by atoms with E-state index in [1.807, 2.05) is 0 Å². The average Bonchev–Trinajstić information content (AvgIpc) is 3.17. The molecule has 2 heteroatoms. The molecule has 4 aliphatic rings. The second-order valence-electron chi connectivity index (χ2n) is 7.32. The van der Waals surface area contributed by atoms with Crippen molar-refractivity contribution in [3.63, 3.8) is 0 Å². The van der Waals surface area contributed by atoms with Crippen LogP contribution in [0.3, 0.4) is 0 Å². The maximum absolute atomic E-state index is 2.78.